The molecule has 0 unspecified atom stereocenters. The van der Waals surface area contributed by atoms with Crippen molar-refractivity contribution in [2.45, 2.75) is 6.54 Å². The number of phenols is 1. The Kier molecular flexibility index (Phi) is 6.00. The molecule has 0 spiro atoms. The van der Waals surface area contributed by atoms with E-state index in [2.05, 4.69) is 31.0 Å². The molecule has 0 aliphatic carbocycles. The zero-order chi connectivity index (χ0) is 23.5. The summed E-state index contributed by atoms with van der Waals surface area (Å²) in [7, 11) is 0. The first kappa shape index (κ1) is 21.9. The Morgan fingerprint density at radius 1 is 1.09 bits per heavy atom. The van der Waals surface area contributed by atoms with Gasteiger partial charge in [0.05, 0.1) is 17.1 Å². The van der Waals surface area contributed by atoms with Gasteiger partial charge in [0.1, 0.15) is 11.4 Å². The number of rotatable bonds is 6. The highest BCUT2D eigenvalue weighted by atomic mass is 35.5. The minimum Gasteiger partial charge on any atom is -0.508 e. The van der Waals surface area contributed by atoms with Crippen molar-refractivity contribution in [1.82, 2.24) is 25.7 Å². The predicted molar refractivity (Wildman–Crippen MR) is 110 cm³/mol. The lowest BCUT2D eigenvalue weighted by atomic mass is 10.2. The number of H-pyrrole nitrogens is 1. The van der Waals surface area contributed by atoms with Crippen LogP contribution in [-0.4, -0.2) is 37.3 Å². The average molecular weight is 475 g/mol. The van der Waals surface area contributed by atoms with E-state index in [0.717, 1.165) is 0 Å². The van der Waals surface area contributed by atoms with Gasteiger partial charge in [0, 0.05) is 11.6 Å². The maximum Gasteiger partial charge on any atom is 0.269 e. The van der Waals surface area contributed by atoms with Crippen LogP contribution in [0, 0.1) is 11.6 Å². The number of hydrogen-bond donors (Lipinski definition) is 4. The van der Waals surface area contributed by atoms with Crippen molar-refractivity contribution < 1.29 is 27.9 Å². The molecule has 2 aromatic heterocycles. The van der Waals surface area contributed by atoms with Crippen LogP contribution in [-0.2, 0) is 6.54 Å². The van der Waals surface area contributed by atoms with E-state index in [-0.39, 0.29) is 46.2 Å². The van der Waals surface area contributed by atoms with Crippen LogP contribution < -0.4 is 10.6 Å². The molecule has 4 aromatic rings. The maximum absolute atomic E-state index is 13.4. The topological polar surface area (TPSA) is 146 Å². The summed E-state index contributed by atoms with van der Waals surface area (Å²) in [6.07, 6.45) is 0. The van der Waals surface area contributed by atoms with Crippen LogP contribution in [0.25, 0.3) is 11.5 Å². The van der Waals surface area contributed by atoms with E-state index in [4.69, 9.17) is 16.0 Å². The van der Waals surface area contributed by atoms with Gasteiger partial charge in [-0.1, -0.05) is 17.7 Å². The maximum atomic E-state index is 13.4. The molecular weight excluding hydrogens is 462 g/mol. The van der Waals surface area contributed by atoms with Crippen LogP contribution in [0.4, 0.5) is 14.6 Å². The molecule has 4 N–H and O–H groups in total. The number of carbonyl (C=O) groups is 2. The second-order valence-electron chi connectivity index (χ2n) is 6.60. The molecule has 0 bridgehead atoms. The lowest BCUT2D eigenvalue weighted by Crippen LogP contribution is -2.23. The van der Waals surface area contributed by atoms with Crippen LogP contribution in [0.1, 0.15) is 26.7 Å². The molecule has 2 heterocycles. The number of aromatic amines is 1. The molecule has 0 fully saturated rings. The van der Waals surface area contributed by atoms with E-state index in [1.165, 1.54) is 18.2 Å². The van der Waals surface area contributed by atoms with Crippen molar-refractivity contribution >= 4 is 29.2 Å². The van der Waals surface area contributed by atoms with Gasteiger partial charge in [-0.3, -0.25) is 14.7 Å². The summed E-state index contributed by atoms with van der Waals surface area (Å²) in [5, 5.41) is 28.0. The normalized spacial score (nSPS) is 10.8. The van der Waals surface area contributed by atoms with Gasteiger partial charge in [0.15, 0.2) is 17.5 Å². The molecular formula is C20H13ClF2N6O4. The minimum atomic E-state index is -1.24. The number of phenolic OH excluding ortho intramolecular Hbond substituents is 1. The third-order valence-electron chi connectivity index (χ3n) is 4.28. The van der Waals surface area contributed by atoms with E-state index in [9.17, 15) is 23.5 Å². The predicted octanol–water partition coefficient (Wildman–Crippen LogP) is 3.28. The van der Waals surface area contributed by atoms with Gasteiger partial charge in [-0.15, -0.1) is 10.2 Å². The van der Waals surface area contributed by atoms with Gasteiger partial charge in [0.25, 0.3) is 11.8 Å². The number of hydrogen-bond acceptors (Lipinski definition) is 7. The Morgan fingerprint density at radius 3 is 2.67 bits per heavy atom. The Labute approximate surface area is 188 Å². The first-order valence-corrected chi connectivity index (χ1v) is 9.59. The molecule has 0 atom stereocenters. The molecule has 0 aliphatic heterocycles. The minimum absolute atomic E-state index is 0.00518. The largest absolute Gasteiger partial charge is 0.508 e. The van der Waals surface area contributed by atoms with Crippen molar-refractivity contribution in [3.63, 3.8) is 0 Å². The van der Waals surface area contributed by atoms with E-state index in [0.29, 0.717) is 17.7 Å². The van der Waals surface area contributed by atoms with Gasteiger partial charge in [-0.25, -0.2) is 8.78 Å². The number of carbonyl (C=O) groups excluding carboxylic acids is 2. The number of aromatic hydroxyl groups is 1. The van der Waals surface area contributed by atoms with Gasteiger partial charge in [0.2, 0.25) is 11.8 Å². The number of aromatic nitrogens is 4. The highest BCUT2D eigenvalue weighted by molar-refractivity contribution is 6.34. The number of halogens is 3. The molecule has 0 aliphatic rings. The Balaban J connectivity index is 1.37. The third kappa shape index (κ3) is 4.96. The molecule has 168 valence electrons. The van der Waals surface area contributed by atoms with Gasteiger partial charge >= 0.3 is 0 Å². The average Bonchev–Trinajstić information content (AvgIpc) is 3.44. The van der Waals surface area contributed by atoms with E-state index in [1.54, 1.807) is 12.1 Å². The molecule has 2 amide bonds. The van der Waals surface area contributed by atoms with Crippen molar-refractivity contribution in [1.29, 1.82) is 0 Å². The number of anilines is 1. The Bertz CT molecular complexity index is 1360. The Hall–Kier alpha value is -4.32. The summed E-state index contributed by atoms with van der Waals surface area (Å²) in [5.74, 6) is -3.59. The Morgan fingerprint density at radius 2 is 1.88 bits per heavy atom. The van der Waals surface area contributed by atoms with Crippen LogP contribution in [0.15, 0.2) is 46.9 Å². The zero-order valence-corrected chi connectivity index (χ0v) is 17.2. The number of benzene rings is 2. The monoisotopic (exact) mass is 474 g/mol. The molecule has 33 heavy (non-hydrogen) atoms. The standard InChI is InChI=1S/C20H13ClF2N6O4/c21-12-6-14(23)13(22)5-11(12)18(31)25-16-7-15(26-27-16)19(32)24-8-17-28-29-20(33-17)9-2-1-3-10(30)4-9/h1-7,30H,8H2,(H,24,32)(H2,25,26,27,31). The fraction of sp³-hybridized carbons (Fsp3) is 0.0500. The quantitative estimate of drug-likeness (QED) is 0.314. The van der Waals surface area contributed by atoms with E-state index >= 15 is 0 Å². The fourth-order valence-corrected chi connectivity index (χ4v) is 2.95. The molecule has 0 saturated carbocycles. The molecule has 0 saturated heterocycles. The van der Waals surface area contributed by atoms with Gasteiger partial charge in [-0.2, -0.15) is 5.10 Å². The smallest absolute Gasteiger partial charge is 0.269 e. The van der Waals surface area contributed by atoms with Crippen LogP contribution >= 0.6 is 11.6 Å². The van der Waals surface area contributed by atoms with Crippen LogP contribution in [0.2, 0.25) is 5.02 Å². The summed E-state index contributed by atoms with van der Waals surface area (Å²) in [5.41, 5.74) is 0.202. The van der Waals surface area contributed by atoms with Gasteiger partial charge in [-0.05, 0) is 30.3 Å². The molecule has 2 aromatic carbocycles. The summed E-state index contributed by atoms with van der Waals surface area (Å²) in [6, 6.07) is 8.79. The first-order chi connectivity index (χ1) is 15.8. The second-order valence-corrected chi connectivity index (χ2v) is 7.01. The van der Waals surface area contributed by atoms with Gasteiger partial charge < -0.3 is 20.2 Å². The van der Waals surface area contributed by atoms with Crippen molar-refractivity contribution in [2.75, 3.05) is 5.32 Å². The lowest BCUT2D eigenvalue weighted by molar-refractivity contribution is 0.0941. The van der Waals surface area contributed by atoms with Crippen molar-refractivity contribution in [3.05, 3.63) is 76.3 Å². The highest BCUT2D eigenvalue weighted by Gasteiger charge is 2.18. The van der Waals surface area contributed by atoms with Crippen LogP contribution in [0.5, 0.6) is 5.75 Å². The molecule has 0 radical (unpaired) electrons. The molecule has 10 nitrogen and oxygen atoms in total. The third-order valence-corrected chi connectivity index (χ3v) is 4.59. The highest BCUT2D eigenvalue weighted by Crippen LogP contribution is 2.22. The van der Waals surface area contributed by atoms with Crippen LogP contribution in [0.3, 0.4) is 0 Å². The second kappa shape index (κ2) is 9.04. The van der Waals surface area contributed by atoms with E-state index in [1.807, 2.05) is 0 Å². The number of nitrogens with one attached hydrogen (secondary N) is 3. The summed E-state index contributed by atoms with van der Waals surface area (Å²) in [4.78, 5) is 24.6. The summed E-state index contributed by atoms with van der Waals surface area (Å²) in [6.45, 7) is -0.101. The lowest BCUT2D eigenvalue weighted by Gasteiger charge is -2.05. The summed E-state index contributed by atoms with van der Waals surface area (Å²) < 4.78 is 32.0. The van der Waals surface area contributed by atoms with Crippen molar-refractivity contribution in [3.8, 4) is 17.2 Å². The van der Waals surface area contributed by atoms with E-state index < -0.39 is 23.4 Å². The fourth-order valence-electron chi connectivity index (χ4n) is 2.71. The summed E-state index contributed by atoms with van der Waals surface area (Å²) >= 11 is 5.77. The molecule has 13 heteroatoms. The SMILES string of the molecule is O=C(NCc1nnc(-c2cccc(O)c2)o1)c1cc(NC(=O)c2cc(F)c(F)cc2Cl)n[nH]1. The van der Waals surface area contributed by atoms with Crippen molar-refractivity contribution in [2.24, 2.45) is 0 Å². The number of amides is 2. The number of nitrogens with zero attached hydrogens (tertiary/aromatic N) is 3. The first-order valence-electron chi connectivity index (χ1n) is 9.21. The zero-order valence-electron chi connectivity index (χ0n) is 16.4. The molecule has 4 rings (SSSR count).